The van der Waals surface area contributed by atoms with Crippen LogP contribution in [-0.4, -0.2) is 43.9 Å². The van der Waals surface area contributed by atoms with Gasteiger partial charge in [-0.15, -0.1) is 0 Å². The van der Waals surface area contributed by atoms with Crippen LogP contribution in [-0.2, 0) is 16.1 Å². The molecule has 0 atom stereocenters. The first-order valence-electron chi connectivity index (χ1n) is 6.90. The van der Waals surface area contributed by atoms with Gasteiger partial charge >= 0.3 is 0 Å². The average molecular weight is 295 g/mol. The van der Waals surface area contributed by atoms with Crippen molar-refractivity contribution in [2.24, 2.45) is 0 Å². The molecule has 0 saturated carbocycles. The maximum absolute atomic E-state index is 12.7. The molecule has 6 heteroatoms. The Morgan fingerprint density at radius 1 is 1.10 bits per heavy atom. The van der Waals surface area contributed by atoms with Gasteiger partial charge in [0.1, 0.15) is 12.2 Å². The summed E-state index contributed by atoms with van der Waals surface area (Å²) in [5.74, 6) is -0.947. The minimum atomic E-state index is -0.343. The van der Waals surface area contributed by atoms with E-state index in [9.17, 15) is 14.0 Å². The normalized spacial score (nSPS) is 10.5. The summed E-state index contributed by atoms with van der Waals surface area (Å²) in [5.41, 5.74) is 0.788. The molecule has 0 aliphatic rings. The van der Waals surface area contributed by atoms with Crippen molar-refractivity contribution in [3.05, 3.63) is 35.6 Å². The van der Waals surface area contributed by atoms with E-state index in [2.05, 4.69) is 10.6 Å². The first kappa shape index (κ1) is 17.1. The lowest BCUT2D eigenvalue weighted by atomic mass is 10.2. The highest BCUT2D eigenvalue weighted by atomic mass is 19.1. The molecule has 0 aliphatic carbocycles. The Bertz CT molecular complexity index is 460. The highest BCUT2D eigenvalue weighted by Crippen LogP contribution is 2.02. The number of nitrogens with zero attached hydrogens (tertiary/aromatic N) is 1. The van der Waals surface area contributed by atoms with Gasteiger partial charge in [-0.3, -0.25) is 9.59 Å². The van der Waals surface area contributed by atoms with Crippen LogP contribution in [0.2, 0.25) is 0 Å². The molecule has 1 aromatic carbocycles. The number of halogens is 1. The van der Waals surface area contributed by atoms with Gasteiger partial charge in [-0.05, 0) is 44.8 Å². The Kier molecular flexibility index (Phi) is 7.39. The second kappa shape index (κ2) is 9.07. The van der Waals surface area contributed by atoms with E-state index >= 15 is 0 Å². The molecule has 0 aliphatic heterocycles. The average Bonchev–Trinajstić information content (AvgIpc) is 2.43. The van der Waals surface area contributed by atoms with Crippen molar-refractivity contribution >= 4 is 11.8 Å². The van der Waals surface area contributed by atoms with Gasteiger partial charge in [-0.2, -0.15) is 0 Å². The molecule has 0 saturated heterocycles. The second-order valence-corrected chi connectivity index (χ2v) is 5.09. The van der Waals surface area contributed by atoms with Crippen molar-refractivity contribution in [2.75, 3.05) is 27.2 Å². The van der Waals surface area contributed by atoms with E-state index < -0.39 is 0 Å². The fraction of sp³-hybridized carbons (Fsp3) is 0.467. The summed E-state index contributed by atoms with van der Waals surface area (Å²) >= 11 is 0. The molecule has 2 amide bonds. The summed E-state index contributed by atoms with van der Waals surface area (Å²) in [7, 11) is 3.93. The minimum absolute atomic E-state index is 0.191. The van der Waals surface area contributed by atoms with Crippen LogP contribution < -0.4 is 10.6 Å². The predicted molar refractivity (Wildman–Crippen MR) is 79.0 cm³/mol. The Morgan fingerprint density at radius 3 is 2.33 bits per heavy atom. The second-order valence-electron chi connectivity index (χ2n) is 5.09. The summed E-state index contributed by atoms with van der Waals surface area (Å²) in [6.45, 7) is 1.73. The van der Waals surface area contributed by atoms with Gasteiger partial charge in [0.2, 0.25) is 11.8 Å². The lowest BCUT2D eigenvalue weighted by molar-refractivity contribution is -0.129. The Hall–Kier alpha value is -1.95. The summed E-state index contributed by atoms with van der Waals surface area (Å²) in [6, 6.07) is 5.85. The van der Waals surface area contributed by atoms with Crippen LogP contribution in [0, 0.1) is 5.82 Å². The number of hydrogen-bond donors (Lipinski definition) is 2. The first-order valence-corrected chi connectivity index (χ1v) is 6.90. The molecule has 0 fully saturated rings. The van der Waals surface area contributed by atoms with Gasteiger partial charge in [0.25, 0.3) is 0 Å². The maximum Gasteiger partial charge on any atom is 0.229 e. The van der Waals surface area contributed by atoms with E-state index in [1.807, 2.05) is 19.0 Å². The molecule has 21 heavy (non-hydrogen) atoms. The van der Waals surface area contributed by atoms with Crippen LogP contribution in [0.3, 0.4) is 0 Å². The highest BCUT2D eigenvalue weighted by Gasteiger charge is 2.08. The summed E-state index contributed by atoms with van der Waals surface area (Å²) < 4.78 is 12.7. The molecular formula is C15H22FN3O2. The number of nitrogens with one attached hydrogen (secondary N) is 2. The lowest BCUT2D eigenvalue weighted by Gasteiger charge is -2.10. The maximum atomic E-state index is 12.7. The molecule has 0 unspecified atom stereocenters. The summed E-state index contributed by atoms with van der Waals surface area (Å²) in [4.78, 5) is 25.1. The number of carbonyl (C=O) groups is 2. The first-order chi connectivity index (χ1) is 9.97. The molecule has 2 N–H and O–H groups in total. The minimum Gasteiger partial charge on any atom is -0.356 e. The van der Waals surface area contributed by atoms with Gasteiger partial charge in [-0.1, -0.05) is 12.1 Å². The largest absolute Gasteiger partial charge is 0.356 e. The molecule has 116 valence electrons. The number of carbonyl (C=O) groups excluding carboxylic acids is 2. The van der Waals surface area contributed by atoms with Crippen LogP contribution in [0.1, 0.15) is 18.4 Å². The molecule has 0 heterocycles. The van der Waals surface area contributed by atoms with Crippen molar-refractivity contribution in [2.45, 2.75) is 19.4 Å². The van der Waals surface area contributed by atoms with Crippen LogP contribution in [0.25, 0.3) is 0 Å². The lowest BCUT2D eigenvalue weighted by Crippen LogP contribution is -2.33. The summed E-state index contributed by atoms with van der Waals surface area (Å²) in [6.07, 6.45) is 0.652. The van der Waals surface area contributed by atoms with Crippen LogP contribution in [0.15, 0.2) is 24.3 Å². The molecule has 1 aromatic rings. The third kappa shape index (κ3) is 8.04. The van der Waals surface area contributed by atoms with Crippen LogP contribution >= 0.6 is 0 Å². The van der Waals surface area contributed by atoms with E-state index in [0.29, 0.717) is 6.54 Å². The highest BCUT2D eigenvalue weighted by molar-refractivity contribution is 5.96. The molecule has 0 spiro atoms. The monoisotopic (exact) mass is 295 g/mol. The van der Waals surface area contributed by atoms with Crippen molar-refractivity contribution in [1.29, 1.82) is 0 Å². The van der Waals surface area contributed by atoms with Crippen molar-refractivity contribution in [1.82, 2.24) is 15.5 Å². The zero-order valence-electron chi connectivity index (χ0n) is 12.5. The zero-order chi connectivity index (χ0) is 15.7. The van der Waals surface area contributed by atoms with Crippen LogP contribution in [0.5, 0.6) is 0 Å². The Balaban J connectivity index is 2.17. The Labute approximate surface area is 124 Å². The van der Waals surface area contributed by atoms with Crippen molar-refractivity contribution in [3.63, 3.8) is 0 Å². The molecule has 1 rings (SSSR count). The van der Waals surface area contributed by atoms with E-state index in [1.165, 1.54) is 12.1 Å². The summed E-state index contributed by atoms with van der Waals surface area (Å²) in [5, 5.41) is 5.33. The smallest absolute Gasteiger partial charge is 0.229 e. The standard InChI is InChI=1S/C15H22FN3O2/c1-19(2)9-3-8-17-14(20)10-15(21)18-11-12-4-6-13(16)7-5-12/h4-7H,3,8-11H2,1-2H3,(H,17,20)(H,18,21). The van der Waals surface area contributed by atoms with E-state index in [1.54, 1.807) is 12.1 Å². The van der Waals surface area contributed by atoms with E-state index in [0.717, 1.165) is 18.5 Å². The third-order valence-electron chi connectivity index (χ3n) is 2.83. The fourth-order valence-electron chi connectivity index (χ4n) is 1.70. The van der Waals surface area contributed by atoms with Crippen LogP contribution in [0.4, 0.5) is 4.39 Å². The van der Waals surface area contributed by atoms with Gasteiger partial charge in [0, 0.05) is 13.1 Å². The van der Waals surface area contributed by atoms with Crippen molar-refractivity contribution in [3.8, 4) is 0 Å². The molecular weight excluding hydrogens is 273 g/mol. The van der Waals surface area contributed by atoms with E-state index in [-0.39, 0.29) is 30.6 Å². The molecule has 0 radical (unpaired) electrons. The number of amides is 2. The fourth-order valence-corrected chi connectivity index (χ4v) is 1.70. The van der Waals surface area contributed by atoms with Crippen molar-refractivity contribution < 1.29 is 14.0 Å². The van der Waals surface area contributed by atoms with Gasteiger partial charge < -0.3 is 15.5 Å². The third-order valence-corrected chi connectivity index (χ3v) is 2.83. The quantitative estimate of drug-likeness (QED) is 0.553. The molecule has 0 aromatic heterocycles. The molecule has 5 nitrogen and oxygen atoms in total. The predicted octanol–water partition coefficient (Wildman–Crippen LogP) is 0.900. The number of rotatable bonds is 8. The van der Waals surface area contributed by atoms with Gasteiger partial charge in [0.05, 0.1) is 0 Å². The molecule has 0 bridgehead atoms. The number of hydrogen-bond acceptors (Lipinski definition) is 3. The Morgan fingerprint density at radius 2 is 1.71 bits per heavy atom. The van der Waals surface area contributed by atoms with E-state index in [4.69, 9.17) is 0 Å². The van der Waals surface area contributed by atoms with Gasteiger partial charge in [-0.25, -0.2) is 4.39 Å². The zero-order valence-corrected chi connectivity index (χ0v) is 12.5. The number of benzene rings is 1. The van der Waals surface area contributed by atoms with Gasteiger partial charge in [0.15, 0.2) is 0 Å². The SMILES string of the molecule is CN(C)CCCNC(=O)CC(=O)NCc1ccc(F)cc1. The topological polar surface area (TPSA) is 61.4 Å².